The first-order valence-corrected chi connectivity index (χ1v) is 8.68. The van der Waals surface area contributed by atoms with E-state index < -0.39 is 0 Å². The van der Waals surface area contributed by atoms with E-state index in [0.717, 1.165) is 29.1 Å². The molecule has 1 aliphatic heterocycles. The van der Waals surface area contributed by atoms with Crippen molar-refractivity contribution in [2.24, 2.45) is 17.8 Å². The van der Waals surface area contributed by atoms with Gasteiger partial charge < -0.3 is 9.64 Å². The van der Waals surface area contributed by atoms with E-state index in [1.165, 1.54) is 32.1 Å². The Kier molecular flexibility index (Phi) is 2.52. The molecule has 3 heteroatoms. The number of carbonyl (C=O) groups excluding carboxylic acids is 1. The number of aryl methyl sites for hydroxylation is 1. The minimum absolute atomic E-state index is 0.200. The largest absolute Gasteiger partial charge is 0.484 e. The van der Waals surface area contributed by atoms with Crippen molar-refractivity contribution >= 4 is 5.91 Å². The standard InChI is InChI=1S/C19H23NO2/c1-12-4-2-3-5-16(12)22-11-17(21)20-18-15-7-13-6-14(8-15)10-19(18,20)9-13/h2-5,13-15,18H,6-11H2,1H3. The zero-order valence-electron chi connectivity index (χ0n) is 13.1. The molecule has 0 N–H and O–H groups in total. The molecule has 1 saturated heterocycles. The molecule has 3 atom stereocenters. The van der Waals surface area contributed by atoms with Crippen LogP contribution in [-0.4, -0.2) is 29.0 Å². The van der Waals surface area contributed by atoms with E-state index in [1.807, 2.05) is 31.2 Å². The number of amides is 1. The topological polar surface area (TPSA) is 29.3 Å². The van der Waals surface area contributed by atoms with Crippen LogP contribution in [0.5, 0.6) is 5.75 Å². The van der Waals surface area contributed by atoms with Gasteiger partial charge in [0.05, 0.1) is 11.6 Å². The molecule has 1 aromatic carbocycles. The van der Waals surface area contributed by atoms with Crippen LogP contribution in [0.1, 0.15) is 37.7 Å². The minimum Gasteiger partial charge on any atom is -0.484 e. The Morgan fingerprint density at radius 1 is 1.23 bits per heavy atom. The average molecular weight is 297 g/mol. The SMILES string of the molecule is Cc1ccccc1OCC(=O)N1C2C3CC4CC(C3)CC21C4. The fraction of sp³-hybridized carbons (Fsp3) is 0.632. The smallest absolute Gasteiger partial charge is 0.261 e. The number of rotatable bonds is 3. The van der Waals surface area contributed by atoms with Gasteiger partial charge in [-0.3, -0.25) is 4.79 Å². The van der Waals surface area contributed by atoms with Crippen LogP contribution in [-0.2, 0) is 4.79 Å². The van der Waals surface area contributed by atoms with Crippen LogP contribution >= 0.6 is 0 Å². The van der Waals surface area contributed by atoms with Gasteiger partial charge in [-0.1, -0.05) is 18.2 Å². The third kappa shape index (κ3) is 1.65. The van der Waals surface area contributed by atoms with Crippen molar-refractivity contribution in [3.8, 4) is 5.75 Å². The van der Waals surface area contributed by atoms with Gasteiger partial charge in [-0.2, -0.15) is 0 Å². The molecule has 22 heavy (non-hydrogen) atoms. The summed E-state index contributed by atoms with van der Waals surface area (Å²) in [5.74, 6) is 3.62. The zero-order valence-corrected chi connectivity index (χ0v) is 13.1. The summed E-state index contributed by atoms with van der Waals surface area (Å²) in [5.41, 5.74) is 1.35. The summed E-state index contributed by atoms with van der Waals surface area (Å²) in [6.45, 7) is 2.22. The van der Waals surface area contributed by atoms with Crippen molar-refractivity contribution in [2.45, 2.75) is 50.6 Å². The number of para-hydroxylation sites is 1. The summed E-state index contributed by atoms with van der Waals surface area (Å²) >= 11 is 0. The molecule has 1 amide bonds. The molecule has 4 saturated carbocycles. The van der Waals surface area contributed by atoms with Gasteiger partial charge in [0.1, 0.15) is 5.75 Å². The van der Waals surface area contributed by atoms with E-state index >= 15 is 0 Å². The van der Waals surface area contributed by atoms with E-state index in [9.17, 15) is 4.79 Å². The van der Waals surface area contributed by atoms with Crippen molar-refractivity contribution in [2.75, 3.05) is 6.61 Å². The van der Waals surface area contributed by atoms with Gasteiger partial charge >= 0.3 is 0 Å². The molecular formula is C19H23NO2. The summed E-state index contributed by atoms with van der Waals surface area (Å²) in [5, 5.41) is 0. The van der Waals surface area contributed by atoms with Crippen LogP contribution in [0.4, 0.5) is 0 Å². The van der Waals surface area contributed by atoms with Gasteiger partial charge in [0, 0.05) is 0 Å². The van der Waals surface area contributed by atoms with E-state index in [1.54, 1.807) is 0 Å². The molecule has 6 rings (SSSR count). The maximum atomic E-state index is 12.7. The molecule has 3 nitrogen and oxygen atoms in total. The van der Waals surface area contributed by atoms with Crippen molar-refractivity contribution in [1.29, 1.82) is 0 Å². The van der Waals surface area contributed by atoms with E-state index in [4.69, 9.17) is 4.74 Å². The van der Waals surface area contributed by atoms with E-state index in [-0.39, 0.29) is 18.1 Å². The van der Waals surface area contributed by atoms with Gasteiger partial charge in [0.15, 0.2) is 6.61 Å². The lowest BCUT2D eigenvalue weighted by atomic mass is 9.56. The van der Waals surface area contributed by atoms with E-state index in [2.05, 4.69) is 4.90 Å². The third-order valence-electron chi connectivity index (χ3n) is 6.62. The lowest BCUT2D eigenvalue weighted by Gasteiger charge is -2.47. The normalized spacial score (nSPS) is 40.5. The zero-order chi connectivity index (χ0) is 14.9. The first kappa shape index (κ1) is 13.0. The fourth-order valence-electron chi connectivity index (χ4n) is 6.11. The second-order valence-electron chi connectivity index (χ2n) is 7.97. The van der Waals surface area contributed by atoms with E-state index in [0.29, 0.717) is 6.04 Å². The first-order valence-electron chi connectivity index (χ1n) is 8.68. The fourth-order valence-corrected chi connectivity index (χ4v) is 6.11. The highest BCUT2D eigenvalue weighted by Crippen LogP contribution is 2.67. The number of carbonyl (C=O) groups is 1. The number of hydrogen-bond donors (Lipinski definition) is 0. The van der Waals surface area contributed by atoms with Gasteiger partial charge in [0.25, 0.3) is 5.91 Å². The van der Waals surface area contributed by atoms with Crippen molar-refractivity contribution in [1.82, 2.24) is 4.90 Å². The Bertz CT molecular complexity index is 626. The highest BCUT2D eigenvalue weighted by atomic mass is 16.5. The third-order valence-corrected chi connectivity index (χ3v) is 6.62. The maximum Gasteiger partial charge on any atom is 0.261 e. The molecule has 4 aliphatic carbocycles. The molecule has 116 valence electrons. The quantitative estimate of drug-likeness (QED) is 0.802. The number of hydrogen-bond acceptors (Lipinski definition) is 2. The molecule has 1 aromatic rings. The second kappa shape index (κ2) is 4.27. The van der Waals surface area contributed by atoms with Gasteiger partial charge in [-0.25, -0.2) is 0 Å². The van der Waals surface area contributed by atoms with Crippen molar-refractivity contribution < 1.29 is 9.53 Å². The molecule has 1 heterocycles. The lowest BCUT2D eigenvalue weighted by molar-refractivity contribution is -0.129. The molecule has 0 aromatic heterocycles. The molecule has 4 bridgehead atoms. The number of ether oxygens (including phenoxy) is 1. The Hall–Kier alpha value is -1.51. The number of benzene rings is 1. The Morgan fingerprint density at radius 2 is 1.95 bits per heavy atom. The lowest BCUT2D eigenvalue weighted by Crippen LogP contribution is -2.45. The van der Waals surface area contributed by atoms with Crippen LogP contribution < -0.4 is 4.74 Å². The average Bonchev–Trinajstić information content (AvgIpc) is 3.14. The number of nitrogens with zero attached hydrogens (tertiary/aromatic N) is 1. The molecule has 1 spiro atoms. The van der Waals surface area contributed by atoms with Crippen LogP contribution in [0.15, 0.2) is 24.3 Å². The van der Waals surface area contributed by atoms with Gasteiger partial charge in [0.2, 0.25) is 0 Å². The van der Waals surface area contributed by atoms with Crippen LogP contribution in [0.25, 0.3) is 0 Å². The monoisotopic (exact) mass is 297 g/mol. The Balaban J connectivity index is 1.31. The van der Waals surface area contributed by atoms with Crippen molar-refractivity contribution in [3.05, 3.63) is 29.8 Å². The first-order chi connectivity index (χ1) is 10.7. The van der Waals surface area contributed by atoms with Crippen LogP contribution in [0.3, 0.4) is 0 Å². The Labute approximate surface area is 131 Å². The summed E-state index contributed by atoms with van der Waals surface area (Å²) in [4.78, 5) is 14.9. The number of likely N-dealkylation sites (tertiary alicyclic amines) is 1. The summed E-state index contributed by atoms with van der Waals surface area (Å²) < 4.78 is 5.80. The molecule has 0 radical (unpaired) electrons. The minimum atomic E-state index is 0.200. The maximum absolute atomic E-state index is 12.7. The highest BCUT2D eigenvalue weighted by molar-refractivity contribution is 5.83. The predicted molar refractivity (Wildman–Crippen MR) is 83.6 cm³/mol. The molecule has 3 unspecified atom stereocenters. The molecule has 5 aliphatic rings. The predicted octanol–water partition coefficient (Wildman–Crippen LogP) is 3.16. The summed E-state index contributed by atoms with van der Waals surface area (Å²) in [6.07, 6.45) is 6.69. The summed E-state index contributed by atoms with van der Waals surface area (Å²) in [7, 11) is 0. The van der Waals surface area contributed by atoms with Crippen LogP contribution in [0.2, 0.25) is 0 Å². The van der Waals surface area contributed by atoms with Gasteiger partial charge in [-0.05, 0) is 68.4 Å². The van der Waals surface area contributed by atoms with Crippen LogP contribution in [0, 0.1) is 24.7 Å². The molecular weight excluding hydrogens is 274 g/mol. The summed E-state index contributed by atoms with van der Waals surface area (Å²) in [6, 6.07) is 8.48. The Morgan fingerprint density at radius 3 is 2.68 bits per heavy atom. The highest BCUT2D eigenvalue weighted by Gasteiger charge is 2.74. The van der Waals surface area contributed by atoms with Crippen molar-refractivity contribution in [3.63, 3.8) is 0 Å². The van der Waals surface area contributed by atoms with Gasteiger partial charge in [-0.15, -0.1) is 0 Å². The second-order valence-corrected chi connectivity index (χ2v) is 7.97. The molecule has 5 fully saturated rings.